The summed E-state index contributed by atoms with van der Waals surface area (Å²) < 4.78 is 33.3. The molecule has 0 bridgehead atoms. The SMILES string of the molecule is CC(C)COc1ccc(/C=N\NC(=O)[C@H]2CCCN2S(=O)(=O)c2ccc(Cl)cc2)c2ccccc12. The van der Waals surface area contributed by atoms with Crippen molar-refractivity contribution in [2.75, 3.05) is 13.2 Å². The highest BCUT2D eigenvalue weighted by molar-refractivity contribution is 7.89. The number of nitrogens with zero attached hydrogens (tertiary/aromatic N) is 2. The Hall–Kier alpha value is -2.94. The standard InChI is InChI=1S/C26H28ClN3O4S/c1-18(2)17-34-25-14-9-19(22-6-3-4-7-23(22)25)16-28-29-26(31)24-8-5-15-30(24)35(32,33)21-12-10-20(27)11-13-21/h3-4,6-7,9-14,16,18,24H,5,8,15,17H2,1-2H3,(H,29,31)/b28-16-/t24-/m1/s1. The van der Waals surface area contributed by atoms with Gasteiger partial charge >= 0.3 is 0 Å². The quantitative estimate of drug-likeness (QED) is 0.345. The van der Waals surface area contributed by atoms with Gasteiger partial charge < -0.3 is 4.74 Å². The topological polar surface area (TPSA) is 88.1 Å². The molecule has 3 aromatic rings. The van der Waals surface area contributed by atoms with Gasteiger partial charge in [0.25, 0.3) is 5.91 Å². The fourth-order valence-corrected chi connectivity index (χ4v) is 5.84. The van der Waals surface area contributed by atoms with E-state index in [1.807, 2.05) is 36.4 Å². The second kappa shape index (κ2) is 10.8. The molecule has 35 heavy (non-hydrogen) atoms. The van der Waals surface area contributed by atoms with Crippen molar-refractivity contribution in [3.05, 3.63) is 71.2 Å². The molecule has 0 unspecified atom stereocenters. The van der Waals surface area contributed by atoms with Gasteiger partial charge in [0.1, 0.15) is 11.8 Å². The van der Waals surface area contributed by atoms with Crippen LogP contribution in [0.15, 0.2) is 70.7 Å². The van der Waals surface area contributed by atoms with Gasteiger partial charge in [-0.15, -0.1) is 0 Å². The lowest BCUT2D eigenvalue weighted by atomic mass is 10.0. The summed E-state index contributed by atoms with van der Waals surface area (Å²) in [5.74, 6) is 0.742. The molecule has 0 saturated carbocycles. The van der Waals surface area contributed by atoms with Crippen LogP contribution in [-0.4, -0.2) is 44.0 Å². The maximum Gasteiger partial charge on any atom is 0.258 e. The number of ether oxygens (including phenoxy) is 1. The average molecular weight is 514 g/mol. The maximum atomic E-state index is 13.1. The van der Waals surface area contributed by atoms with E-state index in [4.69, 9.17) is 16.3 Å². The first-order valence-electron chi connectivity index (χ1n) is 11.5. The van der Waals surface area contributed by atoms with Crippen molar-refractivity contribution in [2.45, 2.75) is 37.6 Å². The third-order valence-corrected chi connectivity index (χ3v) is 7.97. The van der Waals surface area contributed by atoms with Gasteiger partial charge in [0.2, 0.25) is 10.0 Å². The number of fused-ring (bicyclic) bond motifs is 1. The summed E-state index contributed by atoms with van der Waals surface area (Å²) in [4.78, 5) is 13.0. The Labute approximate surface area is 210 Å². The third-order valence-electron chi connectivity index (χ3n) is 5.79. The first-order valence-corrected chi connectivity index (χ1v) is 13.3. The number of hydrogen-bond donors (Lipinski definition) is 1. The molecule has 1 aliphatic heterocycles. The molecular weight excluding hydrogens is 486 g/mol. The Bertz CT molecular complexity index is 1340. The predicted octanol–water partition coefficient (Wildman–Crippen LogP) is 4.83. The van der Waals surface area contributed by atoms with Crippen molar-refractivity contribution < 1.29 is 17.9 Å². The van der Waals surface area contributed by atoms with E-state index in [0.717, 1.165) is 22.1 Å². The van der Waals surface area contributed by atoms with Crippen molar-refractivity contribution in [1.82, 2.24) is 9.73 Å². The van der Waals surface area contributed by atoms with Gasteiger partial charge in [-0.2, -0.15) is 9.41 Å². The van der Waals surface area contributed by atoms with E-state index in [0.29, 0.717) is 30.4 Å². The van der Waals surface area contributed by atoms with E-state index < -0.39 is 22.0 Å². The van der Waals surface area contributed by atoms with Crippen LogP contribution < -0.4 is 10.2 Å². The number of hydrogen-bond acceptors (Lipinski definition) is 5. The molecule has 1 N–H and O–H groups in total. The number of carbonyl (C=O) groups is 1. The zero-order valence-electron chi connectivity index (χ0n) is 19.6. The van der Waals surface area contributed by atoms with Gasteiger partial charge in [0, 0.05) is 22.5 Å². The van der Waals surface area contributed by atoms with Crippen LogP contribution in [0.3, 0.4) is 0 Å². The Morgan fingerprint density at radius 3 is 2.57 bits per heavy atom. The van der Waals surface area contributed by atoms with E-state index in [-0.39, 0.29) is 11.4 Å². The molecule has 3 aromatic carbocycles. The van der Waals surface area contributed by atoms with Crippen molar-refractivity contribution in [1.29, 1.82) is 0 Å². The van der Waals surface area contributed by atoms with Crippen LogP contribution in [0.4, 0.5) is 0 Å². The molecule has 1 amide bonds. The highest BCUT2D eigenvalue weighted by atomic mass is 35.5. The molecule has 0 radical (unpaired) electrons. The highest BCUT2D eigenvalue weighted by Gasteiger charge is 2.39. The minimum absolute atomic E-state index is 0.108. The molecule has 0 spiro atoms. The fraction of sp³-hybridized carbons (Fsp3) is 0.308. The molecule has 1 fully saturated rings. The molecule has 184 valence electrons. The second-order valence-corrected chi connectivity index (χ2v) is 11.2. The molecule has 4 rings (SSSR count). The number of halogens is 1. The van der Waals surface area contributed by atoms with Gasteiger partial charge in [-0.25, -0.2) is 13.8 Å². The summed E-state index contributed by atoms with van der Waals surface area (Å²) in [6, 6.07) is 16.7. The van der Waals surface area contributed by atoms with Crippen LogP contribution >= 0.6 is 11.6 Å². The minimum atomic E-state index is -3.82. The molecule has 9 heteroatoms. The summed E-state index contributed by atoms with van der Waals surface area (Å²) in [6.45, 7) is 5.08. The number of benzene rings is 3. The van der Waals surface area contributed by atoms with Crippen LogP contribution in [0.5, 0.6) is 5.75 Å². The van der Waals surface area contributed by atoms with E-state index in [1.165, 1.54) is 28.6 Å². The maximum absolute atomic E-state index is 13.1. The first-order chi connectivity index (χ1) is 16.8. The number of sulfonamides is 1. The number of hydrazone groups is 1. The monoisotopic (exact) mass is 513 g/mol. The number of nitrogens with one attached hydrogen (secondary N) is 1. The Morgan fingerprint density at radius 2 is 1.86 bits per heavy atom. The lowest BCUT2D eigenvalue weighted by Gasteiger charge is -2.22. The zero-order chi connectivity index (χ0) is 25.0. The molecular formula is C26H28ClN3O4S. The third kappa shape index (κ3) is 5.66. The van der Waals surface area contributed by atoms with Gasteiger partial charge in [0.05, 0.1) is 17.7 Å². The summed E-state index contributed by atoms with van der Waals surface area (Å²) in [5, 5.41) is 6.48. The molecule has 7 nitrogen and oxygen atoms in total. The van der Waals surface area contributed by atoms with Gasteiger partial charge in [0.15, 0.2) is 0 Å². The summed E-state index contributed by atoms with van der Waals surface area (Å²) >= 11 is 5.89. The van der Waals surface area contributed by atoms with Gasteiger partial charge in [-0.05, 0) is 60.5 Å². The van der Waals surface area contributed by atoms with Crippen LogP contribution in [-0.2, 0) is 14.8 Å². The molecule has 1 aliphatic rings. The Balaban J connectivity index is 1.49. The summed E-state index contributed by atoms with van der Waals surface area (Å²) in [7, 11) is -3.82. The van der Waals surface area contributed by atoms with Crippen LogP contribution in [0.25, 0.3) is 10.8 Å². The van der Waals surface area contributed by atoms with Crippen molar-refractivity contribution >= 4 is 44.5 Å². The summed E-state index contributed by atoms with van der Waals surface area (Å²) in [6.07, 6.45) is 2.59. The lowest BCUT2D eigenvalue weighted by Crippen LogP contribution is -2.44. The highest BCUT2D eigenvalue weighted by Crippen LogP contribution is 2.29. The zero-order valence-corrected chi connectivity index (χ0v) is 21.2. The van der Waals surface area contributed by atoms with Crippen molar-refractivity contribution in [3.63, 3.8) is 0 Å². The van der Waals surface area contributed by atoms with Crippen molar-refractivity contribution in [3.8, 4) is 5.75 Å². The van der Waals surface area contributed by atoms with E-state index >= 15 is 0 Å². The number of rotatable bonds is 8. The van der Waals surface area contributed by atoms with Crippen LogP contribution in [0.2, 0.25) is 5.02 Å². The Morgan fingerprint density at radius 1 is 1.14 bits per heavy atom. The first kappa shape index (κ1) is 25.2. The fourth-order valence-electron chi connectivity index (χ4n) is 4.06. The molecule has 1 saturated heterocycles. The van der Waals surface area contributed by atoms with Crippen molar-refractivity contribution in [2.24, 2.45) is 11.0 Å². The normalized spacial score (nSPS) is 16.9. The molecule has 0 aliphatic carbocycles. The van der Waals surface area contributed by atoms with Gasteiger partial charge in [-0.1, -0.05) is 49.7 Å². The van der Waals surface area contributed by atoms with E-state index in [1.54, 1.807) is 6.21 Å². The van der Waals surface area contributed by atoms with Gasteiger partial charge in [-0.3, -0.25) is 4.79 Å². The number of amides is 1. The van der Waals surface area contributed by atoms with Crippen LogP contribution in [0.1, 0.15) is 32.3 Å². The largest absolute Gasteiger partial charge is 0.493 e. The minimum Gasteiger partial charge on any atom is -0.493 e. The van der Waals surface area contributed by atoms with E-state index in [2.05, 4.69) is 24.4 Å². The predicted molar refractivity (Wildman–Crippen MR) is 138 cm³/mol. The Kier molecular flexibility index (Phi) is 7.74. The average Bonchev–Trinajstić information content (AvgIpc) is 3.35. The molecule has 1 atom stereocenters. The summed E-state index contributed by atoms with van der Waals surface area (Å²) in [5.41, 5.74) is 3.34. The van der Waals surface area contributed by atoms with Crippen LogP contribution in [0, 0.1) is 5.92 Å². The lowest BCUT2D eigenvalue weighted by molar-refractivity contribution is -0.124. The van der Waals surface area contributed by atoms with E-state index in [9.17, 15) is 13.2 Å². The number of carbonyl (C=O) groups excluding carboxylic acids is 1. The molecule has 0 aromatic heterocycles. The molecule has 1 heterocycles. The second-order valence-electron chi connectivity index (χ2n) is 8.87. The smallest absolute Gasteiger partial charge is 0.258 e.